The van der Waals surface area contributed by atoms with Crippen molar-refractivity contribution in [3.05, 3.63) is 104 Å². The Morgan fingerprint density at radius 3 is 2.42 bits per heavy atom. The lowest BCUT2D eigenvalue weighted by molar-refractivity contribution is -0.120. The van der Waals surface area contributed by atoms with Crippen molar-refractivity contribution >= 4 is 52.5 Å². The van der Waals surface area contributed by atoms with Crippen molar-refractivity contribution in [1.29, 1.82) is 0 Å². The number of hydrogen-bond acceptors (Lipinski definition) is 8. The third-order valence-corrected chi connectivity index (χ3v) is 11.9. The van der Waals surface area contributed by atoms with E-state index in [1.807, 2.05) is 37.3 Å². The molecule has 1 aliphatic heterocycles. The van der Waals surface area contributed by atoms with Gasteiger partial charge in [-0.15, -0.1) is 0 Å². The van der Waals surface area contributed by atoms with E-state index < -0.39 is 32.1 Å². The molecule has 6 rings (SSSR count). The summed E-state index contributed by atoms with van der Waals surface area (Å²) in [6.45, 7) is 17.8. The number of carbonyl (C=O) groups is 2. The van der Waals surface area contributed by atoms with Crippen molar-refractivity contribution in [2.45, 2.75) is 90.8 Å². The lowest BCUT2D eigenvalue weighted by atomic mass is 9.90. The SMILES string of the molecule is [C-]#[N+]CCOP(O[C@H]1CC(n2cc(C#CCNC(=O)CCC(=O)c3ccc4ccc5cccc6ccc3c4c56)c(=O)[nH]c2=O)O[C@@H]1CC)N(C(C)C)C(C)C. The number of ether oxygens (including phenoxy) is 1. The molecule has 0 saturated carbocycles. The first-order chi connectivity index (χ1) is 26.5. The van der Waals surface area contributed by atoms with Crippen LogP contribution in [-0.2, 0) is 18.6 Å². The summed E-state index contributed by atoms with van der Waals surface area (Å²) in [6.07, 6.45) is 0.851. The number of rotatable bonds is 15. The first kappa shape index (κ1) is 39.7. The molecule has 2 heterocycles. The van der Waals surface area contributed by atoms with Gasteiger partial charge in [0, 0.05) is 43.1 Å². The second kappa shape index (κ2) is 17.7. The average molecular weight is 764 g/mol. The second-order valence-corrected chi connectivity index (χ2v) is 15.5. The van der Waals surface area contributed by atoms with Gasteiger partial charge in [-0.3, -0.25) is 23.9 Å². The number of carbonyl (C=O) groups excluding carboxylic acids is 2. The van der Waals surface area contributed by atoms with E-state index in [1.54, 1.807) is 0 Å². The smallest absolute Gasteiger partial charge is 0.330 e. The Morgan fingerprint density at radius 1 is 1.04 bits per heavy atom. The third kappa shape index (κ3) is 8.81. The molecule has 2 unspecified atom stereocenters. The topological polar surface area (TPSA) is 136 Å². The normalized spacial score (nSPS) is 17.6. The van der Waals surface area contributed by atoms with Crippen molar-refractivity contribution in [3.63, 3.8) is 0 Å². The number of Topliss-reactive ketones (excluding diaryl/α,β-unsaturated/α-hetero) is 1. The highest BCUT2D eigenvalue weighted by molar-refractivity contribution is 7.44. The number of hydrogen-bond donors (Lipinski definition) is 2. The van der Waals surface area contributed by atoms with Gasteiger partial charge in [-0.1, -0.05) is 73.4 Å². The van der Waals surface area contributed by atoms with Gasteiger partial charge in [0.1, 0.15) is 18.4 Å². The molecule has 1 saturated heterocycles. The zero-order valence-corrected chi connectivity index (χ0v) is 32.7. The van der Waals surface area contributed by atoms with Crippen LogP contribution in [-0.4, -0.2) is 69.9 Å². The summed E-state index contributed by atoms with van der Waals surface area (Å²) < 4.78 is 22.4. The van der Waals surface area contributed by atoms with Gasteiger partial charge in [0.2, 0.25) is 12.5 Å². The van der Waals surface area contributed by atoms with Gasteiger partial charge in [0.05, 0.1) is 18.8 Å². The Labute approximate surface area is 321 Å². The summed E-state index contributed by atoms with van der Waals surface area (Å²) in [7, 11) is -1.53. The summed E-state index contributed by atoms with van der Waals surface area (Å²) in [5.74, 6) is 5.08. The van der Waals surface area contributed by atoms with Crippen LogP contribution in [0.25, 0.3) is 37.2 Å². The molecule has 1 aromatic heterocycles. The van der Waals surface area contributed by atoms with Crippen LogP contribution in [0.3, 0.4) is 0 Å². The first-order valence-corrected chi connectivity index (χ1v) is 19.8. The number of nitrogens with one attached hydrogen (secondary N) is 2. The number of benzene rings is 4. The van der Waals surface area contributed by atoms with Crippen molar-refractivity contribution in [3.8, 4) is 11.8 Å². The molecule has 286 valence electrons. The fourth-order valence-corrected chi connectivity index (χ4v) is 9.00. The molecule has 5 aromatic rings. The van der Waals surface area contributed by atoms with Gasteiger partial charge < -0.3 is 23.9 Å². The number of aromatic amines is 1. The van der Waals surface area contributed by atoms with Gasteiger partial charge in [0.15, 0.2) is 5.78 Å². The summed E-state index contributed by atoms with van der Waals surface area (Å²) in [5, 5.41) is 9.04. The Balaban J connectivity index is 1.08. The monoisotopic (exact) mass is 763 g/mol. The maximum atomic E-state index is 13.4. The van der Waals surface area contributed by atoms with Gasteiger partial charge in [0.25, 0.3) is 14.1 Å². The van der Waals surface area contributed by atoms with Crippen molar-refractivity contribution < 1.29 is 23.4 Å². The summed E-state index contributed by atoms with van der Waals surface area (Å²) in [5.41, 5.74) is -0.672. The van der Waals surface area contributed by atoms with Gasteiger partial charge >= 0.3 is 5.69 Å². The third-order valence-electron chi connectivity index (χ3n) is 9.74. The Hall–Kier alpha value is -4.94. The number of amides is 1. The molecule has 1 aliphatic rings. The van der Waals surface area contributed by atoms with Crippen LogP contribution >= 0.6 is 8.53 Å². The van der Waals surface area contributed by atoms with Crippen LogP contribution < -0.4 is 16.6 Å². The quantitative estimate of drug-likeness (QED) is 0.0293. The maximum absolute atomic E-state index is 13.4. The fourth-order valence-electron chi connectivity index (χ4n) is 7.25. The molecule has 0 radical (unpaired) electrons. The zero-order valence-electron chi connectivity index (χ0n) is 31.8. The number of nitrogens with zero attached hydrogens (tertiary/aromatic N) is 3. The van der Waals surface area contributed by atoms with E-state index >= 15 is 0 Å². The number of aromatic nitrogens is 2. The van der Waals surface area contributed by atoms with E-state index in [0.29, 0.717) is 18.4 Å². The van der Waals surface area contributed by atoms with Crippen molar-refractivity contribution in [2.24, 2.45) is 0 Å². The Bertz CT molecular complexity index is 2380. The molecule has 0 aliphatic carbocycles. The predicted molar refractivity (Wildman–Crippen MR) is 215 cm³/mol. The van der Waals surface area contributed by atoms with Crippen molar-refractivity contribution in [2.75, 3.05) is 19.7 Å². The highest BCUT2D eigenvalue weighted by Gasteiger charge is 2.40. The molecule has 2 N–H and O–H groups in total. The Morgan fingerprint density at radius 2 is 1.73 bits per heavy atom. The minimum absolute atomic E-state index is 0.0201. The minimum atomic E-state index is -1.53. The van der Waals surface area contributed by atoms with Gasteiger partial charge in [-0.05, 0) is 66.4 Å². The molecular weight excluding hydrogens is 717 g/mol. The molecule has 0 spiro atoms. The average Bonchev–Trinajstić information content (AvgIpc) is 3.57. The molecule has 13 heteroatoms. The predicted octanol–water partition coefficient (Wildman–Crippen LogP) is 6.93. The number of H-pyrrole nitrogens is 1. The standard InChI is InChI=1S/C42H46N5O7P/c1-7-35-36(54-55(52-23-22-43-6)47(26(2)3)27(4)5)24-38(53-35)46-25-31(41(50)45-42(46)51)12-9-21-44-37(49)20-19-34(48)32-17-15-30-14-13-28-10-8-11-29-16-18-33(32)40(30)39(28)29/h8,10-11,13-18,25-27,35-36,38H,7,19-24H2,1-5H3,(H,44,49)(H,45,50,51)/t35-,36+,38?,55?/m1/s1. The zero-order chi connectivity index (χ0) is 39.2. The van der Waals surface area contributed by atoms with Crippen LogP contribution in [0.4, 0.5) is 0 Å². The van der Waals surface area contributed by atoms with Gasteiger partial charge in [-0.2, -0.15) is 0 Å². The summed E-state index contributed by atoms with van der Waals surface area (Å²) in [6, 6.07) is 18.3. The summed E-state index contributed by atoms with van der Waals surface area (Å²) >= 11 is 0. The number of ketones is 1. The molecule has 0 bridgehead atoms. The molecule has 4 atom stereocenters. The Kier molecular flexibility index (Phi) is 12.8. The first-order valence-electron chi connectivity index (χ1n) is 18.7. The molecule has 4 aromatic carbocycles. The largest absolute Gasteiger partial charge is 0.352 e. The van der Waals surface area contributed by atoms with Gasteiger partial charge in [-0.25, -0.2) is 16.0 Å². The molecule has 1 fully saturated rings. The molecule has 1 amide bonds. The van der Waals surface area contributed by atoms with Crippen LogP contribution in [0, 0.1) is 18.4 Å². The van der Waals surface area contributed by atoms with E-state index in [2.05, 4.69) is 83.6 Å². The maximum Gasteiger partial charge on any atom is 0.330 e. The second-order valence-electron chi connectivity index (χ2n) is 14.1. The van der Waals surface area contributed by atoms with Crippen LogP contribution in [0.1, 0.15) is 82.5 Å². The fraction of sp³-hybridized carbons (Fsp3) is 0.405. The van der Waals surface area contributed by atoms with Crippen LogP contribution in [0.5, 0.6) is 0 Å². The lowest BCUT2D eigenvalue weighted by Gasteiger charge is -2.37. The highest BCUT2D eigenvalue weighted by Crippen LogP contribution is 2.50. The van der Waals surface area contributed by atoms with E-state index in [4.69, 9.17) is 20.4 Å². The van der Waals surface area contributed by atoms with E-state index in [1.165, 1.54) is 10.8 Å². The highest BCUT2D eigenvalue weighted by atomic mass is 31.2. The van der Waals surface area contributed by atoms with Crippen LogP contribution in [0.2, 0.25) is 0 Å². The van der Waals surface area contributed by atoms with E-state index in [0.717, 1.165) is 32.3 Å². The van der Waals surface area contributed by atoms with Crippen molar-refractivity contribution in [1.82, 2.24) is 19.5 Å². The van der Waals surface area contributed by atoms with Crippen LogP contribution in [0.15, 0.2) is 70.4 Å². The molecule has 55 heavy (non-hydrogen) atoms. The molecular formula is C42H46N5O7P. The van der Waals surface area contributed by atoms with E-state index in [9.17, 15) is 19.2 Å². The minimum Gasteiger partial charge on any atom is -0.352 e. The van der Waals surface area contributed by atoms with E-state index in [-0.39, 0.29) is 68.0 Å². The summed E-state index contributed by atoms with van der Waals surface area (Å²) in [4.78, 5) is 57.5. The lowest BCUT2D eigenvalue weighted by Crippen LogP contribution is -2.36. The molecule has 12 nitrogen and oxygen atoms in total.